The Balaban J connectivity index is 3.44. The number of hydrogen-bond acceptors (Lipinski definition) is 1. The summed E-state index contributed by atoms with van der Waals surface area (Å²) in [6.07, 6.45) is 5.15. The molecule has 0 saturated heterocycles. The summed E-state index contributed by atoms with van der Waals surface area (Å²) in [5.41, 5.74) is 1.37. The van der Waals surface area contributed by atoms with Crippen LogP contribution in [-0.4, -0.2) is 6.29 Å². The van der Waals surface area contributed by atoms with E-state index in [-0.39, 0.29) is 5.92 Å². The molecular formula is C9H16O. The summed E-state index contributed by atoms with van der Waals surface area (Å²) in [6.45, 7) is 6.08. The van der Waals surface area contributed by atoms with E-state index in [9.17, 15) is 4.79 Å². The Morgan fingerprint density at radius 1 is 1.60 bits per heavy atom. The van der Waals surface area contributed by atoms with Gasteiger partial charge in [0.15, 0.2) is 0 Å². The maximum Gasteiger partial charge on any atom is 0.122 e. The molecule has 1 heteroatoms. The van der Waals surface area contributed by atoms with Crippen LogP contribution in [-0.2, 0) is 4.79 Å². The minimum Gasteiger partial charge on any atom is -0.303 e. The van der Waals surface area contributed by atoms with Gasteiger partial charge in [-0.3, -0.25) is 0 Å². The molecule has 0 aromatic rings. The molecule has 0 aliphatic heterocycles. The SMILES string of the molecule is CC=C(C)CCC(C)C=O. The highest BCUT2D eigenvalue weighted by atomic mass is 16.1. The second kappa shape index (κ2) is 5.21. The maximum atomic E-state index is 10.2. The van der Waals surface area contributed by atoms with E-state index in [0.29, 0.717) is 0 Å². The molecular weight excluding hydrogens is 124 g/mol. The quantitative estimate of drug-likeness (QED) is 0.433. The van der Waals surface area contributed by atoms with E-state index in [1.807, 2.05) is 13.8 Å². The standard InChI is InChI=1S/C9H16O/c1-4-8(2)5-6-9(3)7-10/h4,7,9H,5-6H2,1-3H3. The molecule has 0 aliphatic carbocycles. The lowest BCUT2D eigenvalue weighted by Gasteiger charge is -2.01. The Kier molecular flexibility index (Phi) is 4.91. The molecule has 1 atom stereocenters. The molecule has 58 valence electrons. The van der Waals surface area contributed by atoms with E-state index < -0.39 is 0 Å². The molecule has 0 aromatic heterocycles. The van der Waals surface area contributed by atoms with Crippen molar-refractivity contribution in [1.82, 2.24) is 0 Å². The van der Waals surface area contributed by atoms with Crippen LogP contribution in [0.15, 0.2) is 11.6 Å². The average Bonchev–Trinajstić information content (AvgIpc) is 1.99. The Hall–Kier alpha value is -0.590. The van der Waals surface area contributed by atoms with Gasteiger partial charge in [0.25, 0.3) is 0 Å². The molecule has 0 amide bonds. The Morgan fingerprint density at radius 2 is 2.20 bits per heavy atom. The Morgan fingerprint density at radius 3 is 2.60 bits per heavy atom. The van der Waals surface area contributed by atoms with Crippen LogP contribution in [0.4, 0.5) is 0 Å². The van der Waals surface area contributed by atoms with E-state index in [4.69, 9.17) is 0 Å². The summed E-state index contributed by atoms with van der Waals surface area (Å²) < 4.78 is 0. The van der Waals surface area contributed by atoms with Crippen LogP contribution in [0.3, 0.4) is 0 Å². The van der Waals surface area contributed by atoms with Gasteiger partial charge in [-0.05, 0) is 26.7 Å². The summed E-state index contributed by atoms with van der Waals surface area (Å²) in [7, 11) is 0. The lowest BCUT2D eigenvalue weighted by atomic mass is 10.0. The largest absolute Gasteiger partial charge is 0.303 e. The molecule has 0 spiro atoms. The molecule has 0 aromatic carbocycles. The molecule has 0 rings (SSSR count). The van der Waals surface area contributed by atoms with Crippen LogP contribution in [0.1, 0.15) is 33.6 Å². The maximum absolute atomic E-state index is 10.2. The zero-order chi connectivity index (χ0) is 7.98. The third-order valence-electron chi connectivity index (χ3n) is 1.72. The van der Waals surface area contributed by atoms with Crippen LogP contribution in [0, 0.1) is 5.92 Å². The Bertz CT molecular complexity index is 125. The van der Waals surface area contributed by atoms with Gasteiger partial charge in [0.2, 0.25) is 0 Å². The van der Waals surface area contributed by atoms with Gasteiger partial charge < -0.3 is 4.79 Å². The highest BCUT2D eigenvalue weighted by Crippen LogP contribution is 2.08. The monoisotopic (exact) mass is 140 g/mol. The van der Waals surface area contributed by atoms with E-state index in [0.717, 1.165) is 19.1 Å². The van der Waals surface area contributed by atoms with E-state index >= 15 is 0 Å². The molecule has 0 radical (unpaired) electrons. The number of allylic oxidation sites excluding steroid dienone is 2. The zero-order valence-electron chi connectivity index (χ0n) is 7.05. The van der Waals surface area contributed by atoms with E-state index in [1.54, 1.807) is 0 Å². The number of hydrogen-bond donors (Lipinski definition) is 0. The molecule has 0 aliphatic rings. The van der Waals surface area contributed by atoms with Crippen molar-refractivity contribution in [2.24, 2.45) is 5.92 Å². The summed E-state index contributed by atoms with van der Waals surface area (Å²) in [6, 6.07) is 0. The molecule has 0 heterocycles. The number of carbonyl (C=O) groups excluding carboxylic acids is 1. The molecule has 10 heavy (non-hydrogen) atoms. The van der Waals surface area contributed by atoms with Gasteiger partial charge >= 0.3 is 0 Å². The van der Waals surface area contributed by atoms with E-state index in [2.05, 4.69) is 13.0 Å². The molecule has 0 N–H and O–H groups in total. The fourth-order valence-electron chi connectivity index (χ4n) is 0.668. The Labute approximate surface area is 63.1 Å². The van der Waals surface area contributed by atoms with Crippen LogP contribution < -0.4 is 0 Å². The summed E-state index contributed by atoms with van der Waals surface area (Å²) in [4.78, 5) is 10.2. The fourth-order valence-corrected chi connectivity index (χ4v) is 0.668. The van der Waals surface area contributed by atoms with Gasteiger partial charge in [0, 0.05) is 5.92 Å². The minimum absolute atomic E-state index is 0.217. The third kappa shape index (κ3) is 4.30. The van der Waals surface area contributed by atoms with Gasteiger partial charge in [0.05, 0.1) is 0 Å². The second-order valence-corrected chi connectivity index (χ2v) is 2.79. The van der Waals surface area contributed by atoms with Gasteiger partial charge in [0.1, 0.15) is 6.29 Å². The fraction of sp³-hybridized carbons (Fsp3) is 0.667. The van der Waals surface area contributed by atoms with Crippen molar-refractivity contribution < 1.29 is 4.79 Å². The van der Waals surface area contributed by atoms with Crippen molar-refractivity contribution in [1.29, 1.82) is 0 Å². The van der Waals surface area contributed by atoms with Crippen LogP contribution in [0.2, 0.25) is 0 Å². The van der Waals surface area contributed by atoms with Gasteiger partial charge in [-0.25, -0.2) is 0 Å². The van der Waals surface area contributed by atoms with Crippen molar-refractivity contribution in [2.75, 3.05) is 0 Å². The molecule has 0 bridgehead atoms. The number of aldehydes is 1. The van der Waals surface area contributed by atoms with Crippen molar-refractivity contribution in [3.05, 3.63) is 11.6 Å². The van der Waals surface area contributed by atoms with Gasteiger partial charge in [-0.1, -0.05) is 18.6 Å². The second-order valence-electron chi connectivity index (χ2n) is 2.79. The predicted octanol–water partition coefficient (Wildman–Crippen LogP) is 2.57. The lowest BCUT2D eigenvalue weighted by molar-refractivity contribution is -0.110. The lowest BCUT2D eigenvalue weighted by Crippen LogP contribution is -1.94. The third-order valence-corrected chi connectivity index (χ3v) is 1.72. The first-order valence-electron chi connectivity index (χ1n) is 3.77. The smallest absolute Gasteiger partial charge is 0.122 e. The van der Waals surface area contributed by atoms with Crippen LogP contribution in [0.5, 0.6) is 0 Å². The topological polar surface area (TPSA) is 17.1 Å². The molecule has 0 saturated carbocycles. The normalized spacial score (nSPS) is 14.9. The predicted molar refractivity (Wildman–Crippen MR) is 43.9 cm³/mol. The van der Waals surface area contributed by atoms with Gasteiger partial charge in [-0.2, -0.15) is 0 Å². The van der Waals surface area contributed by atoms with Crippen molar-refractivity contribution in [3.8, 4) is 0 Å². The van der Waals surface area contributed by atoms with E-state index in [1.165, 1.54) is 5.57 Å². The highest BCUT2D eigenvalue weighted by Gasteiger charge is 1.98. The first-order valence-corrected chi connectivity index (χ1v) is 3.77. The molecule has 1 unspecified atom stereocenters. The van der Waals surface area contributed by atoms with Crippen molar-refractivity contribution in [3.63, 3.8) is 0 Å². The van der Waals surface area contributed by atoms with Crippen molar-refractivity contribution >= 4 is 6.29 Å². The highest BCUT2D eigenvalue weighted by molar-refractivity contribution is 5.52. The average molecular weight is 140 g/mol. The van der Waals surface area contributed by atoms with Crippen LogP contribution >= 0.6 is 0 Å². The zero-order valence-corrected chi connectivity index (χ0v) is 7.05. The summed E-state index contributed by atoms with van der Waals surface area (Å²) >= 11 is 0. The van der Waals surface area contributed by atoms with Crippen LogP contribution in [0.25, 0.3) is 0 Å². The first-order chi connectivity index (χ1) is 4.70. The number of carbonyl (C=O) groups is 1. The molecule has 0 fully saturated rings. The van der Waals surface area contributed by atoms with Crippen molar-refractivity contribution in [2.45, 2.75) is 33.6 Å². The summed E-state index contributed by atoms with van der Waals surface area (Å²) in [5, 5.41) is 0. The number of rotatable bonds is 4. The van der Waals surface area contributed by atoms with Gasteiger partial charge in [-0.15, -0.1) is 0 Å². The summed E-state index contributed by atoms with van der Waals surface area (Å²) in [5.74, 6) is 0.217. The first kappa shape index (κ1) is 9.41. The molecule has 1 nitrogen and oxygen atoms in total. The minimum atomic E-state index is 0.217.